The zero-order valence-corrected chi connectivity index (χ0v) is 19.1. The second-order valence-corrected chi connectivity index (χ2v) is 9.11. The van der Waals surface area contributed by atoms with Gasteiger partial charge < -0.3 is 33.2 Å². The van der Waals surface area contributed by atoms with Crippen LogP contribution in [-0.4, -0.2) is 43.7 Å². The van der Waals surface area contributed by atoms with Crippen LogP contribution < -0.4 is 24.0 Å². The maximum atomic E-state index is 13.3. The Morgan fingerprint density at radius 2 is 1.62 bits per heavy atom. The smallest absolute Gasteiger partial charge is 0.316 e. The Morgan fingerprint density at radius 3 is 2.15 bits per heavy atom. The van der Waals surface area contributed by atoms with Gasteiger partial charge >= 0.3 is 5.97 Å². The van der Waals surface area contributed by atoms with Gasteiger partial charge in [0.05, 0.1) is 32.6 Å². The molecule has 1 saturated carbocycles. The number of carbonyl (C=O) groups is 1. The van der Waals surface area contributed by atoms with E-state index >= 15 is 0 Å². The first-order chi connectivity index (χ1) is 11.8. The van der Waals surface area contributed by atoms with Crippen molar-refractivity contribution in [2.24, 2.45) is 5.92 Å². The maximum Gasteiger partial charge on any atom is 0.316 e. The SMILES string of the molecule is CC(C(=O)OC1CC[N+](C)(C)CC1)(c1ccc(Cl)cc1)C1CCCC1.[I-]. The fourth-order valence-corrected chi connectivity index (χ4v) is 4.58. The van der Waals surface area contributed by atoms with Gasteiger partial charge in [-0.05, 0) is 43.4 Å². The number of rotatable bonds is 4. The molecule has 3 nitrogen and oxygen atoms in total. The lowest BCUT2D eigenvalue weighted by molar-refractivity contribution is -0.896. The Balaban J connectivity index is 0.00000243. The first kappa shape index (κ1) is 22.0. The molecule has 0 aromatic heterocycles. The van der Waals surface area contributed by atoms with Gasteiger partial charge in [0.1, 0.15) is 6.10 Å². The molecule has 0 N–H and O–H groups in total. The van der Waals surface area contributed by atoms with Gasteiger partial charge in [-0.1, -0.05) is 36.6 Å². The van der Waals surface area contributed by atoms with Gasteiger partial charge in [-0.25, -0.2) is 0 Å². The fourth-order valence-electron chi connectivity index (χ4n) is 4.45. The number of likely N-dealkylation sites (tertiary alicyclic amines) is 1. The molecule has 146 valence electrons. The van der Waals surface area contributed by atoms with Crippen LogP contribution in [0.15, 0.2) is 24.3 Å². The number of nitrogens with zero attached hydrogens (tertiary/aromatic N) is 1. The molecule has 1 aliphatic heterocycles. The van der Waals surface area contributed by atoms with Crippen LogP contribution >= 0.6 is 11.6 Å². The minimum absolute atomic E-state index is 0. The lowest BCUT2D eigenvalue weighted by Crippen LogP contribution is -3.00. The normalized spacial score (nSPS) is 23.1. The van der Waals surface area contributed by atoms with Crippen LogP contribution in [0.2, 0.25) is 5.02 Å². The van der Waals surface area contributed by atoms with Crippen LogP contribution in [0, 0.1) is 5.92 Å². The van der Waals surface area contributed by atoms with Gasteiger partial charge in [0.15, 0.2) is 0 Å². The first-order valence-electron chi connectivity index (χ1n) is 9.60. The molecule has 1 aromatic rings. The van der Waals surface area contributed by atoms with Crippen molar-refractivity contribution in [1.29, 1.82) is 0 Å². The monoisotopic (exact) mass is 491 g/mol. The molecule has 2 fully saturated rings. The summed E-state index contributed by atoms with van der Waals surface area (Å²) in [5.41, 5.74) is 0.476. The van der Waals surface area contributed by atoms with Crippen LogP contribution in [0.3, 0.4) is 0 Å². The summed E-state index contributed by atoms with van der Waals surface area (Å²) in [5, 5.41) is 0.707. The van der Waals surface area contributed by atoms with Gasteiger partial charge in [-0.2, -0.15) is 0 Å². The molecule has 26 heavy (non-hydrogen) atoms. The predicted octanol–water partition coefficient (Wildman–Crippen LogP) is 1.57. The summed E-state index contributed by atoms with van der Waals surface area (Å²) in [6.07, 6.45) is 6.59. The summed E-state index contributed by atoms with van der Waals surface area (Å²) >= 11 is 6.07. The molecule has 3 rings (SSSR count). The third kappa shape index (κ3) is 4.74. The third-order valence-corrected chi connectivity index (χ3v) is 6.68. The summed E-state index contributed by atoms with van der Waals surface area (Å²) in [6.45, 7) is 4.22. The molecule has 1 unspecified atom stereocenters. The molecule has 0 bridgehead atoms. The van der Waals surface area contributed by atoms with Crippen LogP contribution in [0.1, 0.15) is 51.0 Å². The molecular formula is C21H31ClINO2. The summed E-state index contributed by atoms with van der Waals surface area (Å²) in [7, 11) is 4.49. The number of quaternary nitrogens is 1. The highest BCUT2D eigenvalue weighted by Crippen LogP contribution is 2.43. The molecule has 1 heterocycles. The maximum absolute atomic E-state index is 13.3. The van der Waals surface area contributed by atoms with Crippen molar-refractivity contribution in [3.05, 3.63) is 34.9 Å². The van der Waals surface area contributed by atoms with Gasteiger partial charge in [0, 0.05) is 17.9 Å². The lowest BCUT2D eigenvalue weighted by atomic mass is 9.71. The second kappa shape index (κ2) is 8.78. The van der Waals surface area contributed by atoms with Crippen molar-refractivity contribution in [3.63, 3.8) is 0 Å². The fraction of sp³-hybridized carbons (Fsp3) is 0.667. The zero-order chi connectivity index (χ0) is 18.1. The average Bonchev–Trinajstić information content (AvgIpc) is 3.11. The van der Waals surface area contributed by atoms with Crippen LogP contribution in [0.4, 0.5) is 0 Å². The Morgan fingerprint density at radius 1 is 1.08 bits per heavy atom. The number of benzene rings is 1. The summed E-state index contributed by atoms with van der Waals surface area (Å²) < 4.78 is 7.08. The van der Waals surface area contributed by atoms with Gasteiger partial charge in [0.25, 0.3) is 0 Å². The summed E-state index contributed by atoms with van der Waals surface area (Å²) in [4.78, 5) is 13.3. The first-order valence-corrected chi connectivity index (χ1v) is 9.98. The van der Waals surface area contributed by atoms with Crippen LogP contribution in [-0.2, 0) is 14.9 Å². The van der Waals surface area contributed by atoms with Crippen molar-refractivity contribution in [3.8, 4) is 0 Å². The van der Waals surface area contributed by atoms with E-state index in [0.717, 1.165) is 48.8 Å². The molecule has 1 atom stereocenters. The quantitative estimate of drug-likeness (QED) is 0.363. The number of piperidine rings is 1. The number of halogens is 2. The molecule has 1 aromatic carbocycles. The van der Waals surface area contributed by atoms with Gasteiger partial charge in [-0.3, -0.25) is 4.79 Å². The van der Waals surface area contributed by atoms with E-state index in [4.69, 9.17) is 16.3 Å². The molecule has 2 aliphatic rings. The van der Waals surface area contributed by atoms with Crippen LogP contribution in [0.25, 0.3) is 0 Å². The molecule has 1 saturated heterocycles. The van der Waals surface area contributed by atoms with Crippen molar-refractivity contribution >= 4 is 17.6 Å². The van der Waals surface area contributed by atoms with E-state index in [1.807, 2.05) is 24.3 Å². The van der Waals surface area contributed by atoms with E-state index in [9.17, 15) is 4.79 Å². The number of esters is 1. The highest BCUT2D eigenvalue weighted by Gasteiger charge is 2.46. The molecule has 0 spiro atoms. The van der Waals surface area contributed by atoms with E-state index in [0.29, 0.717) is 10.9 Å². The summed E-state index contributed by atoms with van der Waals surface area (Å²) in [6, 6.07) is 7.78. The lowest BCUT2D eigenvalue weighted by Gasteiger charge is -2.39. The van der Waals surface area contributed by atoms with E-state index in [2.05, 4.69) is 21.0 Å². The van der Waals surface area contributed by atoms with E-state index in [1.54, 1.807) is 0 Å². The largest absolute Gasteiger partial charge is 1.00 e. The second-order valence-electron chi connectivity index (χ2n) is 8.68. The topological polar surface area (TPSA) is 26.3 Å². The Labute approximate surface area is 180 Å². The molecule has 1 aliphatic carbocycles. The van der Waals surface area contributed by atoms with Crippen molar-refractivity contribution < 1.29 is 38.0 Å². The van der Waals surface area contributed by atoms with Crippen molar-refractivity contribution in [2.45, 2.75) is 57.0 Å². The Hall–Kier alpha value is -0.330. The Bertz CT molecular complexity index is 603. The number of carbonyl (C=O) groups excluding carboxylic acids is 1. The van der Waals surface area contributed by atoms with Gasteiger partial charge in [0.2, 0.25) is 0 Å². The standard InChI is InChI=1S/C21H31ClNO2.HI/c1-21(16-6-4-5-7-16,17-8-10-18(22)11-9-17)20(24)25-19-12-14-23(2,3)15-13-19;/h8-11,16,19H,4-7,12-15H2,1-3H3;1H/q+1;/p-1. The van der Waals surface area contributed by atoms with E-state index in [-0.39, 0.29) is 36.0 Å². The molecule has 0 radical (unpaired) electrons. The predicted molar refractivity (Wildman–Crippen MR) is 102 cm³/mol. The zero-order valence-electron chi connectivity index (χ0n) is 16.1. The van der Waals surface area contributed by atoms with E-state index in [1.165, 1.54) is 12.8 Å². The van der Waals surface area contributed by atoms with Crippen LogP contribution in [0.5, 0.6) is 0 Å². The number of ether oxygens (including phenoxy) is 1. The molecular weight excluding hydrogens is 461 g/mol. The van der Waals surface area contributed by atoms with Crippen molar-refractivity contribution in [1.82, 2.24) is 0 Å². The molecule has 0 amide bonds. The third-order valence-electron chi connectivity index (χ3n) is 6.43. The molecule has 5 heteroatoms. The minimum atomic E-state index is -0.567. The minimum Gasteiger partial charge on any atom is -1.00 e. The highest BCUT2D eigenvalue weighted by molar-refractivity contribution is 6.30. The highest BCUT2D eigenvalue weighted by atomic mass is 127. The van der Waals surface area contributed by atoms with Crippen molar-refractivity contribution in [2.75, 3.05) is 27.2 Å². The number of hydrogen-bond donors (Lipinski definition) is 0. The van der Waals surface area contributed by atoms with E-state index < -0.39 is 5.41 Å². The summed E-state index contributed by atoms with van der Waals surface area (Å²) in [5.74, 6) is 0.316. The average molecular weight is 492 g/mol. The number of hydrogen-bond acceptors (Lipinski definition) is 2. The Kier molecular flexibility index (Phi) is 7.42. The van der Waals surface area contributed by atoms with Gasteiger partial charge in [-0.15, -0.1) is 0 Å².